The third kappa shape index (κ3) is 3.55. The minimum absolute atomic E-state index is 0.227. The lowest BCUT2D eigenvalue weighted by Gasteiger charge is -2.12. The first-order valence-electron chi connectivity index (χ1n) is 4.98. The van der Waals surface area contributed by atoms with Crippen LogP contribution in [-0.4, -0.2) is 22.2 Å². The molecule has 0 aliphatic heterocycles. The van der Waals surface area contributed by atoms with Gasteiger partial charge in [0.2, 0.25) is 5.12 Å². The van der Waals surface area contributed by atoms with Crippen LogP contribution in [0.2, 0.25) is 0 Å². The van der Waals surface area contributed by atoms with E-state index >= 15 is 0 Å². The minimum atomic E-state index is -1.14. The molecule has 0 heterocycles. The van der Waals surface area contributed by atoms with Gasteiger partial charge in [-0.3, -0.25) is 9.59 Å². The summed E-state index contributed by atoms with van der Waals surface area (Å²) in [6, 6.07) is 4.90. The van der Waals surface area contributed by atoms with E-state index in [2.05, 4.69) is 0 Å². The predicted molar refractivity (Wildman–Crippen MR) is 65.5 cm³/mol. The summed E-state index contributed by atoms with van der Waals surface area (Å²) in [5.41, 5.74) is 11.4. The second-order valence-electron chi connectivity index (χ2n) is 3.56. The van der Waals surface area contributed by atoms with Crippen molar-refractivity contribution < 1.29 is 14.7 Å². The highest BCUT2D eigenvalue weighted by molar-refractivity contribution is 8.13. The fourth-order valence-electron chi connectivity index (χ4n) is 1.16. The van der Waals surface area contributed by atoms with Crippen molar-refractivity contribution in [1.29, 1.82) is 0 Å². The van der Waals surface area contributed by atoms with E-state index in [0.717, 1.165) is 11.8 Å². The van der Waals surface area contributed by atoms with Gasteiger partial charge in [0.25, 0.3) is 0 Å². The Kier molecular flexibility index (Phi) is 4.68. The Morgan fingerprint density at radius 2 is 1.88 bits per heavy atom. The molecule has 0 saturated heterocycles. The number of hydrogen-bond acceptors (Lipinski definition) is 5. The summed E-state index contributed by atoms with van der Waals surface area (Å²) < 4.78 is 0. The Balaban J connectivity index is 3.00. The van der Waals surface area contributed by atoms with Crippen molar-refractivity contribution in [2.75, 3.05) is 0 Å². The number of rotatable bonds is 4. The minimum Gasteiger partial charge on any atom is -0.480 e. The number of thioether (sulfide) groups is 1. The van der Waals surface area contributed by atoms with Gasteiger partial charge in [0.05, 0.1) is 6.04 Å². The Morgan fingerprint density at radius 3 is 2.41 bits per heavy atom. The second kappa shape index (κ2) is 5.81. The standard InChI is InChI=1S/C11H14N2O3S/c1-6(12)11(16)17-8-5-3-2-4-7(8)9(13)10(14)15/h2-6,9H,12-13H2,1H3,(H,14,15)/t6-,9?/m0/s1. The van der Waals surface area contributed by atoms with E-state index in [4.69, 9.17) is 16.6 Å². The van der Waals surface area contributed by atoms with Crippen LogP contribution in [0.1, 0.15) is 18.5 Å². The normalized spacial score (nSPS) is 14.1. The summed E-state index contributed by atoms with van der Waals surface area (Å²) in [5, 5.41) is 8.63. The van der Waals surface area contributed by atoms with Crippen molar-refractivity contribution in [2.45, 2.75) is 23.9 Å². The van der Waals surface area contributed by atoms with Gasteiger partial charge >= 0.3 is 5.97 Å². The molecular weight excluding hydrogens is 240 g/mol. The van der Waals surface area contributed by atoms with E-state index < -0.39 is 18.1 Å². The zero-order chi connectivity index (χ0) is 13.0. The quantitative estimate of drug-likeness (QED) is 0.684. The van der Waals surface area contributed by atoms with E-state index in [9.17, 15) is 9.59 Å². The first-order valence-corrected chi connectivity index (χ1v) is 5.79. The molecule has 0 spiro atoms. The number of nitrogens with two attached hydrogens (primary N) is 2. The lowest BCUT2D eigenvalue weighted by atomic mass is 10.1. The average Bonchev–Trinajstić information content (AvgIpc) is 2.28. The van der Waals surface area contributed by atoms with Crippen molar-refractivity contribution >= 4 is 22.8 Å². The molecular formula is C11H14N2O3S. The zero-order valence-electron chi connectivity index (χ0n) is 9.29. The molecule has 2 atom stereocenters. The Hall–Kier alpha value is -1.37. The fourth-order valence-corrected chi connectivity index (χ4v) is 2.03. The first-order chi connectivity index (χ1) is 7.93. The monoisotopic (exact) mass is 254 g/mol. The number of aliphatic carboxylic acids is 1. The topological polar surface area (TPSA) is 106 Å². The molecule has 5 nitrogen and oxygen atoms in total. The summed E-state index contributed by atoms with van der Waals surface area (Å²) >= 11 is 0.917. The molecule has 0 aliphatic carbocycles. The molecule has 1 unspecified atom stereocenters. The maximum atomic E-state index is 11.5. The second-order valence-corrected chi connectivity index (χ2v) is 4.61. The number of carboxylic acids is 1. The number of carbonyl (C=O) groups excluding carboxylic acids is 1. The molecule has 5 N–H and O–H groups in total. The highest BCUT2D eigenvalue weighted by atomic mass is 32.2. The summed E-state index contributed by atoms with van der Waals surface area (Å²) in [5.74, 6) is -1.13. The summed E-state index contributed by atoms with van der Waals surface area (Å²) in [7, 11) is 0. The largest absolute Gasteiger partial charge is 0.480 e. The van der Waals surface area contributed by atoms with Crippen LogP contribution in [0.5, 0.6) is 0 Å². The molecule has 0 saturated carbocycles. The number of hydrogen-bond donors (Lipinski definition) is 3. The Bertz CT molecular complexity index is 434. The van der Waals surface area contributed by atoms with E-state index in [0.29, 0.717) is 10.5 Å². The molecule has 1 aromatic rings. The predicted octanol–water partition coefficient (Wildman–Crippen LogP) is 0.737. The van der Waals surface area contributed by atoms with Crippen molar-refractivity contribution in [3.8, 4) is 0 Å². The Morgan fingerprint density at radius 1 is 1.29 bits per heavy atom. The van der Waals surface area contributed by atoms with Gasteiger partial charge in [-0.1, -0.05) is 18.2 Å². The fraction of sp³-hybridized carbons (Fsp3) is 0.273. The summed E-state index contributed by atoms with van der Waals surface area (Å²) in [4.78, 5) is 22.9. The van der Waals surface area contributed by atoms with Gasteiger partial charge in [-0.25, -0.2) is 0 Å². The van der Waals surface area contributed by atoms with Crippen LogP contribution in [0.3, 0.4) is 0 Å². The van der Waals surface area contributed by atoms with Crippen LogP contribution < -0.4 is 11.5 Å². The molecule has 17 heavy (non-hydrogen) atoms. The van der Waals surface area contributed by atoms with E-state index in [-0.39, 0.29) is 5.12 Å². The van der Waals surface area contributed by atoms with Gasteiger partial charge in [-0.15, -0.1) is 0 Å². The van der Waals surface area contributed by atoms with Crippen LogP contribution in [0.15, 0.2) is 29.2 Å². The highest BCUT2D eigenvalue weighted by Gasteiger charge is 2.20. The molecule has 0 amide bonds. The van der Waals surface area contributed by atoms with Crippen LogP contribution in [-0.2, 0) is 9.59 Å². The molecule has 0 bridgehead atoms. The van der Waals surface area contributed by atoms with E-state index in [1.165, 1.54) is 0 Å². The SMILES string of the molecule is C[C@H](N)C(=O)Sc1ccccc1C(N)C(=O)O. The average molecular weight is 254 g/mol. The smallest absolute Gasteiger partial charge is 0.325 e. The van der Waals surface area contributed by atoms with Gasteiger partial charge in [0, 0.05) is 4.90 Å². The van der Waals surface area contributed by atoms with Gasteiger partial charge < -0.3 is 16.6 Å². The molecule has 0 aromatic heterocycles. The zero-order valence-corrected chi connectivity index (χ0v) is 10.1. The van der Waals surface area contributed by atoms with Crippen molar-refractivity contribution in [1.82, 2.24) is 0 Å². The molecule has 0 fully saturated rings. The summed E-state index contributed by atoms with van der Waals surface area (Å²) in [6.07, 6.45) is 0. The maximum Gasteiger partial charge on any atom is 0.325 e. The lowest BCUT2D eigenvalue weighted by Crippen LogP contribution is -2.25. The maximum absolute atomic E-state index is 11.5. The highest BCUT2D eigenvalue weighted by Crippen LogP contribution is 2.27. The summed E-state index contributed by atoms with van der Waals surface area (Å²) in [6.45, 7) is 1.58. The molecule has 0 aliphatic rings. The molecule has 1 aromatic carbocycles. The first kappa shape index (κ1) is 13.7. The third-order valence-electron chi connectivity index (χ3n) is 2.10. The third-order valence-corrected chi connectivity index (χ3v) is 3.27. The van der Waals surface area contributed by atoms with Crippen molar-refractivity contribution in [3.05, 3.63) is 29.8 Å². The van der Waals surface area contributed by atoms with Crippen LogP contribution in [0.25, 0.3) is 0 Å². The molecule has 0 radical (unpaired) electrons. The van der Waals surface area contributed by atoms with E-state index in [1.54, 1.807) is 31.2 Å². The number of benzene rings is 1. The van der Waals surface area contributed by atoms with Crippen molar-refractivity contribution in [3.63, 3.8) is 0 Å². The van der Waals surface area contributed by atoms with Gasteiger partial charge in [-0.05, 0) is 30.3 Å². The number of carboxylic acid groups (broad SMARTS) is 1. The number of carbonyl (C=O) groups is 2. The molecule has 6 heteroatoms. The van der Waals surface area contributed by atoms with Crippen LogP contribution in [0.4, 0.5) is 0 Å². The molecule has 1 rings (SSSR count). The van der Waals surface area contributed by atoms with E-state index in [1.807, 2.05) is 0 Å². The Labute approximate surface area is 103 Å². The lowest BCUT2D eigenvalue weighted by molar-refractivity contribution is -0.138. The molecule has 92 valence electrons. The van der Waals surface area contributed by atoms with Gasteiger partial charge in [-0.2, -0.15) is 0 Å². The van der Waals surface area contributed by atoms with Crippen LogP contribution >= 0.6 is 11.8 Å². The van der Waals surface area contributed by atoms with Gasteiger partial charge in [0.15, 0.2) is 0 Å². The van der Waals surface area contributed by atoms with Gasteiger partial charge in [0.1, 0.15) is 6.04 Å². The van der Waals surface area contributed by atoms with Crippen LogP contribution in [0, 0.1) is 0 Å². The van der Waals surface area contributed by atoms with Crippen molar-refractivity contribution in [2.24, 2.45) is 11.5 Å².